The van der Waals surface area contributed by atoms with Gasteiger partial charge in [0.2, 0.25) is 0 Å². The molecule has 0 saturated heterocycles. The van der Waals surface area contributed by atoms with Crippen molar-refractivity contribution in [3.05, 3.63) is 215 Å². The van der Waals surface area contributed by atoms with Crippen LogP contribution in [0.25, 0.3) is 42.4 Å². The van der Waals surface area contributed by atoms with E-state index < -0.39 is 0 Å². The van der Waals surface area contributed by atoms with Gasteiger partial charge < -0.3 is 14.6 Å². The molecule has 3 nitrogen and oxygen atoms in total. The first-order valence-corrected chi connectivity index (χ1v) is 31.8. The summed E-state index contributed by atoms with van der Waals surface area (Å²) in [6.45, 7) is 35.9. The molecular weight excluding hydrogens is 1030 g/mol. The average Bonchev–Trinajstić information content (AvgIpc) is 0.933. The Morgan fingerprint density at radius 3 is 1.79 bits per heavy atom. The van der Waals surface area contributed by atoms with Crippen LogP contribution in [-0.4, -0.2) is 6.85 Å². The van der Waals surface area contributed by atoms with Gasteiger partial charge in [-0.1, -0.05) is 200 Å². The number of hydrogen-bond donors (Lipinski definition) is 0. The molecule has 0 bridgehead atoms. The SMILES string of the molecule is Cc1cc2c(cc1N1c3cc(-c4ccccc4)ccc3B3c4c(cc(N(c5ccc(C(C)(C)C)cc5)c5cccc(C(C)(C)C)c5)cc41)-c1c(ccc4c1sc1ccccc14)N3c1ccc3c(c1)C(C)(C)CCC3(C)C)C(C)(C)CCC2(C)C. The summed E-state index contributed by atoms with van der Waals surface area (Å²) in [5.41, 5.74) is 27.2. The van der Waals surface area contributed by atoms with Crippen LogP contribution in [-0.2, 0) is 32.5 Å². The molecule has 0 amide bonds. The van der Waals surface area contributed by atoms with Crippen molar-refractivity contribution in [1.29, 1.82) is 0 Å². The molecule has 9 aromatic carbocycles. The molecule has 0 N–H and O–H groups in total. The van der Waals surface area contributed by atoms with Crippen LogP contribution in [0, 0.1) is 6.92 Å². The maximum absolute atomic E-state index is 2.78. The van der Waals surface area contributed by atoms with E-state index in [0.29, 0.717) is 0 Å². The van der Waals surface area contributed by atoms with E-state index in [1.165, 1.54) is 127 Å². The number of hydrogen-bond acceptors (Lipinski definition) is 4. The minimum Gasteiger partial charge on any atom is -0.376 e. The predicted molar refractivity (Wildman–Crippen MR) is 366 cm³/mol. The molecule has 0 fully saturated rings. The third-order valence-electron chi connectivity index (χ3n) is 20.4. The smallest absolute Gasteiger partial charge is 0.333 e. The molecule has 4 aliphatic rings. The largest absolute Gasteiger partial charge is 0.376 e. The number of benzene rings is 9. The average molecular weight is 1120 g/mol. The molecule has 0 atom stereocenters. The van der Waals surface area contributed by atoms with Crippen molar-refractivity contribution in [2.45, 2.75) is 162 Å². The van der Waals surface area contributed by atoms with E-state index in [9.17, 15) is 0 Å². The van der Waals surface area contributed by atoms with Gasteiger partial charge in [-0.05, 0) is 204 Å². The Hall–Kier alpha value is -7.34. The minimum atomic E-state index is -0.172. The Morgan fingerprint density at radius 2 is 1.10 bits per heavy atom. The molecule has 0 saturated carbocycles. The fourth-order valence-electron chi connectivity index (χ4n) is 15.0. The molecule has 1 aromatic heterocycles. The van der Waals surface area contributed by atoms with E-state index in [1.807, 2.05) is 11.3 Å². The van der Waals surface area contributed by atoms with Gasteiger partial charge in [-0.25, -0.2) is 0 Å². The van der Waals surface area contributed by atoms with E-state index in [-0.39, 0.29) is 39.3 Å². The molecule has 0 spiro atoms. The number of anilines is 8. The van der Waals surface area contributed by atoms with Gasteiger partial charge in [0, 0.05) is 71.2 Å². The maximum atomic E-state index is 2.78. The normalized spacial score (nSPS) is 17.1. The zero-order valence-electron chi connectivity index (χ0n) is 52.4. The molecule has 422 valence electrons. The standard InChI is InChI=1S/C79H82BN3S/c1-49-42-62-64(79(14,15)41-40-77(62,10)11)48-67(49)82-68-43-51(50-22-17-16-18-23-50)28-36-65(68)80-72-60(45-57(47-69(72)82)81(54-31-29-52(30-32-54)74(2,3)4)55-25-21-24-53(44-55)75(5,6)7)71-66(37-34-59-58-26-19-20-27-70(58)84-73(59)71)83(80)56-33-35-61-63(46-56)78(12,13)39-38-76(61,8)9/h16-37,42-48H,38-41H2,1-15H3. The summed E-state index contributed by atoms with van der Waals surface area (Å²) in [4.78, 5) is 8.08. The molecular formula is C79H82BN3S. The van der Waals surface area contributed by atoms with Crippen LogP contribution in [0.15, 0.2) is 176 Å². The first-order chi connectivity index (χ1) is 39.8. The second-order valence-corrected chi connectivity index (χ2v) is 31.0. The second-order valence-electron chi connectivity index (χ2n) is 30.0. The van der Waals surface area contributed by atoms with Crippen molar-refractivity contribution in [2.24, 2.45) is 0 Å². The van der Waals surface area contributed by atoms with Crippen LogP contribution < -0.4 is 25.5 Å². The molecule has 0 radical (unpaired) electrons. The van der Waals surface area contributed by atoms with Crippen molar-refractivity contribution in [3.8, 4) is 22.3 Å². The summed E-state index contributed by atoms with van der Waals surface area (Å²) < 4.78 is 2.64. The number of nitrogens with zero attached hydrogens (tertiary/aromatic N) is 3. The third kappa shape index (κ3) is 8.63. The molecule has 0 unspecified atom stereocenters. The quantitative estimate of drug-likeness (QED) is 0.154. The molecule has 2 aliphatic heterocycles. The zero-order valence-corrected chi connectivity index (χ0v) is 53.2. The number of rotatable bonds is 6. The first kappa shape index (κ1) is 54.6. The van der Waals surface area contributed by atoms with Gasteiger partial charge in [0.15, 0.2) is 0 Å². The maximum Gasteiger partial charge on any atom is 0.333 e. The van der Waals surface area contributed by atoms with Gasteiger partial charge in [0.1, 0.15) is 0 Å². The highest BCUT2D eigenvalue weighted by Crippen LogP contribution is 2.57. The lowest BCUT2D eigenvalue weighted by Crippen LogP contribution is -2.61. The molecule has 5 heteroatoms. The lowest BCUT2D eigenvalue weighted by molar-refractivity contribution is 0.332. The van der Waals surface area contributed by atoms with Crippen LogP contribution in [0.1, 0.15) is 162 Å². The van der Waals surface area contributed by atoms with E-state index in [0.717, 1.165) is 36.3 Å². The zero-order chi connectivity index (χ0) is 58.8. The van der Waals surface area contributed by atoms with Crippen LogP contribution in [0.3, 0.4) is 0 Å². The Morgan fingerprint density at radius 1 is 0.452 bits per heavy atom. The molecule has 3 heterocycles. The minimum absolute atomic E-state index is 0.00125. The van der Waals surface area contributed by atoms with Gasteiger partial charge in [0.05, 0.1) is 0 Å². The van der Waals surface area contributed by atoms with Crippen LogP contribution in [0.2, 0.25) is 0 Å². The van der Waals surface area contributed by atoms with Gasteiger partial charge in [-0.3, -0.25) is 0 Å². The molecule has 14 rings (SSSR count). The predicted octanol–water partition coefficient (Wildman–Crippen LogP) is 21.5. The van der Waals surface area contributed by atoms with E-state index >= 15 is 0 Å². The van der Waals surface area contributed by atoms with Gasteiger partial charge in [-0.15, -0.1) is 11.3 Å². The molecule has 84 heavy (non-hydrogen) atoms. The van der Waals surface area contributed by atoms with E-state index in [2.05, 4.69) is 294 Å². The van der Waals surface area contributed by atoms with Crippen molar-refractivity contribution in [1.82, 2.24) is 0 Å². The lowest BCUT2D eigenvalue weighted by Gasteiger charge is -2.48. The molecule has 10 aromatic rings. The Bertz CT molecular complexity index is 4310. The summed E-state index contributed by atoms with van der Waals surface area (Å²) in [5, 5.41) is 2.62. The Balaban J connectivity index is 1.16. The monoisotopic (exact) mass is 1120 g/mol. The third-order valence-corrected chi connectivity index (χ3v) is 21.6. The molecule has 2 aliphatic carbocycles. The topological polar surface area (TPSA) is 9.72 Å². The Labute approximate surface area is 505 Å². The summed E-state index contributed by atoms with van der Waals surface area (Å²) in [6, 6.07) is 69.3. The van der Waals surface area contributed by atoms with E-state index in [1.54, 1.807) is 0 Å². The van der Waals surface area contributed by atoms with Gasteiger partial charge in [0.25, 0.3) is 0 Å². The van der Waals surface area contributed by atoms with Gasteiger partial charge in [-0.2, -0.15) is 0 Å². The lowest BCUT2D eigenvalue weighted by atomic mass is 9.43. The van der Waals surface area contributed by atoms with Crippen molar-refractivity contribution in [3.63, 3.8) is 0 Å². The Kier molecular flexibility index (Phi) is 12.2. The van der Waals surface area contributed by atoms with Gasteiger partial charge >= 0.3 is 6.85 Å². The highest BCUT2D eigenvalue weighted by atomic mass is 32.1. The fourth-order valence-corrected chi connectivity index (χ4v) is 16.3. The van der Waals surface area contributed by atoms with Crippen LogP contribution >= 0.6 is 11.3 Å². The highest BCUT2D eigenvalue weighted by molar-refractivity contribution is 7.26. The summed E-state index contributed by atoms with van der Waals surface area (Å²) in [6.07, 6.45) is 4.63. The van der Waals surface area contributed by atoms with E-state index in [4.69, 9.17) is 0 Å². The summed E-state index contributed by atoms with van der Waals surface area (Å²) in [5.74, 6) is 0. The number of aryl methyl sites for hydroxylation is 1. The number of thiophene rings is 1. The highest BCUT2D eigenvalue weighted by Gasteiger charge is 2.48. The van der Waals surface area contributed by atoms with Crippen molar-refractivity contribution >= 4 is 94.8 Å². The van der Waals surface area contributed by atoms with Crippen LogP contribution in [0.4, 0.5) is 45.5 Å². The van der Waals surface area contributed by atoms with Crippen molar-refractivity contribution < 1.29 is 0 Å². The van der Waals surface area contributed by atoms with Crippen molar-refractivity contribution in [2.75, 3.05) is 14.6 Å². The number of fused-ring (bicyclic) bond motifs is 10. The second kappa shape index (κ2) is 18.8. The summed E-state index contributed by atoms with van der Waals surface area (Å²) >= 11 is 1.95. The van der Waals surface area contributed by atoms with Crippen LogP contribution in [0.5, 0.6) is 0 Å². The fraction of sp³-hybridized carbons (Fsp3) is 0.316. The first-order valence-electron chi connectivity index (χ1n) is 31.0. The summed E-state index contributed by atoms with van der Waals surface area (Å²) in [7, 11) is 0.